The van der Waals surface area contributed by atoms with E-state index in [0.717, 1.165) is 42.6 Å². The van der Waals surface area contributed by atoms with Crippen molar-refractivity contribution >= 4 is 15.9 Å². The highest BCUT2D eigenvalue weighted by molar-refractivity contribution is 9.10. The van der Waals surface area contributed by atoms with Crippen LogP contribution in [0.4, 0.5) is 0 Å². The molecule has 1 unspecified atom stereocenters. The highest BCUT2D eigenvalue weighted by Gasteiger charge is 2.09. The molecule has 0 bridgehead atoms. The number of hydrogen-bond acceptors (Lipinski definition) is 3. The van der Waals surface area contributed by atoms with Crippen LogP contribution >= 0.6 is 15.9 Å². The second-order valence-electron chi connectivity index (χ2n) is 4.56. The van der Waals surface area contributed by atoms with E-state index >= 15 is 0 Å². The molecule has 0 heterocycles. The summed E-state index contributed by atoms with van der Waals surface area (Å²) in [6, 6.07) is 6.78. The molecule has 1 rings (SSSR count). The first-order chi connectivity index (χ1) is 9.21. The zero-order valence-electron chi connectivity index (χ0n) is 12.0. The lowest BCUT2D eigenvalue weighted by Crippen LogP contribution is -2.31. The maximum absolute atomic E-state index is 5.25. The van der Waals surface area contributed by atoms with Crippen molar-refractivity contribution in [1.82, 2.24) is 5.32 Å². The Morgan fingerprint density at radius 3 is 2.68 bits per heavy atom. The normalized spacial score (nSPS) is 12.4. The minimum absolute atomic E-state index is 0.500. The molecule has 0 aromatic heterocycles. The maximum Gasteiger partial charge on any atom is 0.133 e. The van der Waals surface area contributed by atoms with Gasteiger partial charge in [-0.25, -0.2) is 0 Å². The van der Waals surface area contributed by atoms with Crippen LogP contribution in [0.15, 0.2) is 22.7 Å². The van der Waals surface area contributed by atoms with Crippen molar-refractivity contribution < 1.29 is 9.47 Å². The van der Waals surface area contributed by atoms with Crippen LogP contribution in [0, 0.1) is 0 Å². The third kappa shape index (κ3) is 5.93. The zero-order chi connectivity index (χ0) is 14.1. The van der Waals surface area contributed by atoms with Crippen molar-refractivity contribution in [2.45, 2.75) is 32.2 Å². The lowest BCUT2D eigenvalue weighted by atomic mass is 10.0. The van der Waals surface area contributed by atoms with Gasteiger partial charge in [0.15, 0.2) is 0 Å². The van der Waals surface area contributed by atoms with E-state index < -0.39 is 0 Å². The number of halogens is 1. The number of nitrogens with one attached hydrogen (secondary N) is 1. The number of hydrogen-bond donors (Lipinski definition) is 1. The molecule has 19 heavy (non-hydrogen) atoms. The summed E-state index contributed by atoms with van der Waals surface area (Å²) in [6.07, 6.45) is 3.25. The number of methoxy groups -OCH3 is 2. The van der Waals surface area contributed by atoms with Gasteiger partial charge in [-0.3, -0.25) is 0 Å². The lowest BCUT2D eigenvalue weighted by Gasteiger charge is -2.18. The third-order valence-corrected chi connectivity index (χ3v) is 3.71. The predicted molar refractivity (Wildman–Crippen MR) is 83.0 cm³/mol. The van der Waals surface area contributed by atoms with Gasteiger partial charge in [0.2, 0.25) is 0 Å². The molecule has 1 aromatic carbocycles. The van der Waals surface area contributed by atoms with Gasteiger partial charge >= 0.3 is 0 Å². The number of benzene rings is 1. The van der Waals surface area contributed by atoms with E-state index in [-0.39, 0.29) is 0 Å². The standard InChI is InChI=1S/C15H24BrNO2/c1-4-17-13(6-5-9-18-2)10-12-7-8-15(19-3)14(16)11-12/h7-8,11,13,17H,4-6,9-10H2,1-3H3. The van der Waals surface area contributed by atoms with Gasteiger partial charge in [-0.05, 0) is 59.4 Å². The van der Waals surface area contributed by atoms with Gasteiger partial charge in [0.25, 0.3) is 0 Å². The second kappa shape index (κ2) is 9.34. The summed E-state index contributed by atoms with van der Waals surface area (Å²) < 4.78 is 11.4. The average molecular weight is 330 g/mol. The SMILES string of the molecule is CCNC(CCCOC)Cc1ccc(OC)c(Br)c1. The number of ether oxygens (including phenoxy) is 2. The number of likely N-dealkylation sites (N-methyl/N-ethyl adjacent to an activating group) is 1. The topological polar surface area (TPSA) is 30.5 Å². The summed E-state index contributed by atoms with van der Waals surface area (Å²) in [4.78, 5) is 0. The van der Waals surface area contributed by atoms with E-state index in [1.807, 2.05) is 6.07 Å². The fourth-order valence-corrected chi connectivity index (χ4v) is 2.75. The fraction of sp³-hybridized carbons (Fsp3) is 0.600. The van der Waals surface area contributed by atoms with Crippen LogP contribution in [0.5, 0.6) is 5.75 Å². The molecule has 1 atom stereocenters. The fourth-order valence-electron chi connectivity index (χ4n) is 2.16. The lowest BCUT2D eigenvalue weighted by molar-refractivity contribution is 0.188. The van der Waals surface area contributed by atoms with Crippen LogP contribution in [0.3, 0.4) is 0 Å². The van der Waals surface area contributed by atoms with Gasteiger partial charge in [-0.2, -0.15) is 0 Å². The summed E-state index contributed by atoms with van der Waals surface area (Å²) in [5.41, 5.74) is 1.32. The Kier molecular flexibility index (Phi) is 8.10. The molecule has 4 heteroatoms. The third-order valence-electron chi connectivity index (χ3n) is 3.09. The van der Waals surface area contributed by atoms with Crippen molar-refractivity contribution in [3.8, 4) is 5.75 Å². The highest BCUT2D eigenvalue weighted by Crippen LogP contribution is 2.26. The summed E-state index contributed by atoms with van der Waals surface area (Å²) in [6.45, 7) is 3.97. The molecule has 0 fully saturated rings. The molecule has 0 saturated heterocycles. The monoisotopic (exact) mass is 329 g/mol. The van der Waals surface area contributed by atoms with Gasteiger partial charge < -0.3 is 14.8 Å². The molecule has 0 aliphatic rings. The zero-order valence-corrected chi connectivity index (χ0v) is 13.6. The predicted octanol–water partition coefficient (Wildman–Crippen LogP) is 3.40. The highest BCUT2D eigenvalue weighted by atomic mass is 79.9. The summed E-state index contributed by atoms with van der Waals surface area (Å²) in [5, 5.41) is 3.54. The Morgan fingerprint density at radius 1 is 1.32 bits per heavy atom. The van der Waals surface area contributed by atoms with Crippen molar-refractivity contribution in [3.63, 3.8) is 0 Å². The van der Waals surface area contributed by atoms with E-state index in [1.165, 1.54) is 5.56 Å². The van der Waals surface area contributed by atoms with Crippen LogP contribution in [-0.4, -0.2) is 33.4 Å². The molecule has 0 amide bonds. The van der Waals surface area contributed by atoms with Crippen molar-refractivity contribution in [2.75, 3.05) is 27.4 Å². The Labute approximate surface area is 124 Å². The first-order valence-corrected chi connectivity index (χ1v) is 7.55. The summed E-state index contributed by atoms with van der Waals surface area (Å²) in [5.74, 6) is 0.878. The molecular weight excluding hydrogens is 306 g/mol. The van der Waals surface area contributed by atoms with Gasteiger partial charge in [-0.1, -0.05) is 13.0 Å². The van der Waals surface area contributed by atoms with Gasteiger partial charge in [0, 0.05) is 19.8 Å². The van der Waals surface area contributed by atoms with Gasteiger partial charge in [0.05, 0.1) is 11.6 Å². The van der Waals surface area contributed by atoms with Crippen LogP contribution in [0.1, 0.15) is 25.3 Å². The van der Waals surface area contributed by atoms with Crippen LogP contribution in [0.2, 0.25) is 0 Å². The molecule has 0 saturated carbocycles. The maximum atomic E-state index is 5.25. The molecule has 0 radical (unpaired) electrons. The number of rotatable bonds is 9. The average Bonchev–Trinajstić information content (AvgIpc) is 2.39. The van der Waals surface area contributed by atoms with Gasteiger partial charge in [0.1, 0.15) is 5.75 Å². The molecule has 108 valence electrons. The minimum Gasteiger partial charge on any atom is -0.496 e. The molecule has 1 N–H and O–H groups in total. The molecule has 0 aliphatic carbocycles. The van der Waals surface area contributed by atoms with E-state index in [0.29, 0.717) is 6.04 Å². The molecule has 0 spiro atoms. The largest absolute Gasteiger partial charge is 0.496 e. The molecule has 0 aliphatic heterocycles. The smallest absolute Gasteiger partial charge is 0.133 e. The summed E-state index contributed by atoms with van der Waals surface area (Å²) in [7, 11) is 3.44. The summed E-state index contributed by atoms with van der Waals surface area (Å²) >= 11 is 3.53. The first-order valence-electron chi connectivity index (χ1n) is 6.76. The van der Waals surface area contributed by atoms with Crippen molar-refractivity contribution in [3.05, 3.63) is 28.2 Å². The van der Waals surface area contributed by atoms with Crippen LogP contribution in [-0.2, 0) is 11.2 Å². The van der Waals surface area contributed by atoms with Crippen LogP contribution < -0.4 is 10.1 Å². The quantitative estimate of drug-likeness (QED) is 0.704. The van der Waals surface area contributed by atoms with Crippen molar-refractivity contribution in [1.29, 1.82) is 0 Å². The van der Waals surface area contributed by atoms with Crippen molar-refractivity contribution in [2.24, 2.45) is 0 Å². The molecular formula is C15H24BrNO2. The first kappa shape index (κ1) is 16.5. The Bertz CT molecular complexity index is 371. The Balaban J connectivity index is 2.59. The van der Waals surface area contributed by atoms with Crippen LogP contribution in [0.25, 0.3) is 0 Å². The van der Waals surface area contributed by atoms with E-state index in [4.69, 9.17) is 9.47 Å². The van der Waals surface area contributed by atoms with E-state index in [2.05, 4.69) is 40.3 Å². The van der Waals surface area contributed by atoms with E-state index in [1.54, 1.807) is 14.2 Å². The van der Waals surface area contributed by atoms with Gasteiger partial charge in [-0.15, -0.1) is 0 Å². The minimum atomic E-state index is 0.500. The Morgan fingerprint density at radius 2 is 2.11 bits per heavy atom. The molecule has 3 nitrogen and oxygen atoms in total. The molecule has 1 aromatic rings. The second-order valence-corrected chi connectivity index (χ2v) is 5.42. The van der Waals surface area contributed by atoms with E-state index in [9.17, 15) is 0 Å². The Hall–Kier alpha value is -0.580.